The third-order valence-electron chi connectivity index (χ3n) is 4.88. The van der Waals surface area contributed by atoms with Crippen molar-refractivity contribution in [3.63, 3.8) is 0 Å². The minimum Gasteiger partial charge on any atom is -0.375 e. The third kappa shape index (κ3) is 6.78. The molecule has 0 spiro atoms. The van der Waals surface area contributed by atoms with E-state index in [1.807, 2.05) is 49.4 Å². The van der Waals surface area contributed by atoms with Crippen molar-refractivity contribution >= 4 is 29.1 Å². The topological polar surface area (TPSA) is 84.7 Å². The first-order chi connectivity index (χ1) is 14.4. The average Bonchev–Trinajstić information content (AvgIpc) is 2.73. The molecular formula is C23H31N3O3S. The van der Waals surface area contributed by atoms with Gasteiger partial charge in [0.05, 0.1) is 6.10 Å². The van der Waals surface area contributed by atoms with Gasteiger partial charge < -0.3 is 10.5 Å². The first-order valence-corrected chi connectivity index (χ1v) is 10.8. The summed E-state index contributed by atoms with van der Waals surface area (Å²) in [5.74, 6) is -0.902. The molecule has 0 heterocycles. The van der Waals surface area contributed by atoms with Crippen molar-refractivity contribution in [1.82, 2.24) is 10.4 Å². The molecule has 30 heavy (non-hydrogen) atoms. The van der Waals surface area contributed by atoms with Crippen LogP contribution in [0.5, 0.6) is 0 Å². The zero-order chi connectivity index (χ0) is 22.0. The number of hydrazine groups is 1. The van der Waals surface area contributed by atoms with Crippen LogP contribution >= 0.6 is 12.2 Å². The molecule has 0 aromatic heterocycles. The number of nitrogens with zero attached hydrogens (tertiary/aromatic N) is 1. The van der Waals surface area contributed by atoms with E-state index in [1.54, 1.807) is 12.2 Å². The van der Waals surface area contributed by atoms with Gasteiger partial charge in [-0.25, -0.2) is 0 Å². The average molecular weight is 430 g/mol. The van der Waals surface area contributed by atoms with Gasteiger partial charge in [0.15, 0.2) is 10.7 Å². The predicted octanol–water partition coefficient (Wildman–Crippen LogP) is 3.57. The quantitative estimate of drug-likeness (QED) is 0.461. The van der Waals surface area contributed by atoms with Gasteiger partial charge in [0.2, 0.25) is 5.91 Å². The summed E-state index contributed by atoms with van der Waals surface area (Å²) in [5, 5.41) is 0.780. The highest BCUT2D eigenvalue weighted by atomic mass is 32.1. The molecule has 0 aliphatic heterocycles. The number of carbonyl (C=O) groups excluding carboxylic acids is 2. The number of nitrogens with two attached hydrogens (primary N) is 1. The van der Waals surface area contributed by atoms with E-state index >= 15 is 0 Å². The zero-order valence-corrected chi connectivity index (χ0v) is 18.5. The Morgan fingerprint density at radius 3 is 2.63 bits per heavy atom. The number of imide groups is 1. The SMILES string of the molecule is CCCC(C)OC1(C(=O)N(NC(N)=S)C(=O)CCCc2ccccc2)C=CC=CC1. The first kappa shape index (κ1) is 23.8. The van der Waals surface area contributed by atoms with E-state index in [0.29, 0.717) is 12.8 Å². The van der Waals surface area contributed by atoms with E-state index < -0.39 is 17.4 Å². The van der Waals surface area contributed by atoms with E-state index in [9.17, 15) is 9.59 Å². The van der Waals surface area contributed by atoms with Crippen molar-refractivity contribution in [3.8, 4) is 0 Å². The molecule has 2 amide bonds. The first-order valence-electron chi connectivity index (χ1n) is 10.4. The summed E-state index contributed by atoms with van der Waals surface area (Å²) in [6.07, 6.45) is 10.6. The lowest BCUT2D eigenvalue weighted by Crippen LogP contribution is -2.60. The van der Waals surface area contributed by atoms with E-state index in [1.165, 1.54) is 0 Å². The van der Waals surface area contributed by atoms with Gasteiger partial charge >= 0.3 is 0 Å². The van der Waals surface area contributed by atoms with Crippen LogP contribution in [0.15, 0.2) is 54.6 Å². The predicted molar refractivity (Wildman–Crippen MR) is 122 cm³/mol. The highest BCUT2D eigenvalue weighted by Crippen LogP contribution is 2.28. The molecule has 2 rings (SSSR count). The maximum absolute atomic E-state index is 13.5. The molecule has 7 heteroatoms. The van der Waals surface area contributed by atoms with Crippen LogP contribution in [0.2, 0.25) is 0 Å². The molecule has 1 aromatic carbocycles. The number of rotatable bonds is 9. The molecule has 162 valence electrons. The number of nitrogens with one attached hydrogen (secondary N) is 1. The number of thiocarbonyl (C=S) groups is 1. The molecule has 6 nitrogen and oxygen atoms in total. The second kappa shape index (κ2) is 11.6. The Balaban J connectivity index is 2.14. The van der Waals surface area contributed by atoms with Crippen LogP contribution in [0.25, 0.3) is 0 Å². The summed E-state index contributed by atoms with van der Waals surface area (Å²) < 4.78 is 6.16. The molecule has 0 saturated heterocycles. The highest BCUT2D eigenvalue weighted by Gasteiger charge is 2.43. The Morgan fingerprint density at radius 2 is 2.03 bits per heavy atom. The molecule has 0 bridgehead atoms. The zero-order valence-electron chi connectivity index (χ0n) is 17.7. The number of ether oxygens (including phenoxy) is 1. The normalized spacial score (nSPS) is 18.6. The number of hydrogen-bond donors (Lipinski definition) is 2. The van der Waals surface area contributed by atoms with Crippen molar-refractivity contribution in [2.75, 3.05) is 0 Å². The van der Waals surface area contributed by atoms with Gasteiger partial charge in [0.25, 0.3) is 5.91 Å². The van der Waals surface area contributed by atoms with Gasteiger partial charge in [-0.15, -0.1) is 0 Å². The standard InChI is InChI=1S/C23H31N3O3S/c1-3-11-18(2)29-23(16-8-5-9-17-23)21(28)26(25-22(24)30)20(27)15-10-14-19-12-6-4-7-13-19/h4-9,12-13,16,18H,3,10-11,14-15,17H2,1-2H3,(H3,24,25,30). The molecule has 0 fully saturated rings. The molecule has 1 aliphatic carbocycles. The highest BCUT2D eigenvalue weighted by molar-refractivity contribution is 7.80. The number of carbonyl (C=O) groups is 2. The third-order valence-corrected chi connectivity index (χ3v) is 4.97. The minimum absolute atomic E-state index is 0.144. The minimum atomic E-state index is -1.27. The van der Waals surface area contributed by atoms with E-state index in [4.69, 9.17) is 22.7 Å². The monoisotopic (exact) mass is 429 g/mol. The van der Waals surface area contributed by atoms with Gasteiger partial charge in [0.1, 0.15) is 0 Å². The number of hydrogen-bond acceptors (Lipinski definition) is 4. The molecule has 1 aromatic rings. The van der Waals surface area contributed by atoms with E-state index in [-0.39, 0.29) is 17.6 Å². The van der Waals surface area contributed by atoms with Crippen LogP contribution in [0.3, 0.4) is 0 Å². The van der Waals surface area contributed by atoms with Crippen LogP contribution in [-0.4, -0.2) is 33.6 Å². The van der Waals surface area contributed by atoms with Crippen molar-refractivity contribution in [2.45, 2.75) is 64.1 Å². The summed E-state index contributed by atoms with van der Waals surface area (Å²) in [6, 6.07) is 9.90. The van der Waals surface area contributed by atoms with Crippen molar-refractivity contribution in [2.24, 2.45) is 5.73 Å². The Kier molecular flexibility index (Phi) is 9.20. The molecular weight excluding hydrogens is 398 g/mol. The maximum atomic E-state index is 13.5. The van der Waals surface area contributed by atoms with Crippen molar-refractivity contribution in [3.05, 3.63) is 60.2 Å². The Hall–Kier alpha value is -2.51. The second-order valence-corrected chi connectivity index (χ2v) is 7.89. The number of aryl methyl sites for hydroxylation is 1. The summed E-state index contributed by atoms with van der Waals surface area (Å²) in [6.45, 7) is 3.99. The van der Waals surface area contributed by atoms with Crippen molar-refractivity contribution < 1.29 is 14.3 Å². The molecule has 2 unspecified atom stereocenters. The Labute approximate surface area is 184 Å². The summed E-state index contributed by atoms with van der Waals surface area (Å²) in [4.78, 5) is 26.4. The smallest absolute Gasteiger partial charge is 0.284 e. The summed E-state index contributed by atoms with van der Waals surface area (Å²) in [5.41, 5.74) is 8.04. The van der Waals surface area contributed by atoms with Crippen LogP contribution in [-0.2, 0) is 20.7 Å². The van der Waals surface area contributed by atoms with Gasteiger partial charge in [-0.05, 0) is 50.0 Å². The Morgan fingerprint density at radius 1 is 1.30 bits per heavy atom. The molecule has 0 saturated carbocycles. The summed E-state index contributed by atoms with van der Waals surface area (Å²) in [7, 11) is 0. The van der Waals surface area contributed by atoms with Gasteiger partial charge in [-0.3, -0.25) is 15.0 Å². The number of benzene rings is 1. The fraction of sp³-hybridized carbons (Fsp3) is 0.435. The fourth-order valence-electron chi connectivity index (χ4n) is 3.45. The maximum Gasteiger partial charge on any atom is 0.284 e. The van der Waals surface area contributed by atoms with Crippen molar-refractivity contribution in [1.29, 1.82) is 0 Å². The van der Waals surface area contributed by atoms with E-state index in [0.717, 1.165) is 29.8 Å². The van der Waals surface area contributed by atoms with E-state index in [2.05, 4.69) is 12.3 Å². The van der Waals surface area contributed by atoms with Crippen LogP contribution < -0.4 is 11.2 Å². The number of allylic oxidation sites excluding steroid dienone is 2. The lowest BCUT2D eigenvalue weighted by molar-refractivity contribution is -0.166. The van der Waals surface area contributed by atoms with Gasteiger partial charge in [-0.1, -0.05) is 61.9 Å². The van der Waals surface area contributed by atoms with Crippen LogP contribution in [0, 0.1) is 0 Å². The second-order valence-electron chi connectivity index (χ2n) is 7.45. The molecule has 1 aliphatic rings. The number of amides is 2. The molecule has 3 N–H and O–H groups in total. The van der Waals surface area contributed by atoms with Gasteiger partial charge in [-0.2, -0.15) is 5.01 Å². The largest absolute Gasteiger partial charge is 0.375 e. The summed E-state index contributed by atoms with van der Waals surface area (Å²) >= 11 is 4.91. The lowest BCUT2D eigenvalue weighted by Gasteiger charge is -2.36. The molecule has 2 atom stereocenters. The van der Waals surface area contributed by atoms with Gasteiger partial charge in [0, 0.05) is 12.8 Å². The molecule has 0 radical (unpaired) electrons. The lowest BCUT2D eigenvalue weighted by atomic mass is 9.93. The van der Waals surface area contributed by atoms with Crippen LogP contribution in [0.4, 0.5) is 0 Å². The van der Waals surface area contributed by atoms with Crippen LogP contribution in [0.1, 0.15) is 51.5 Å². The fourth-order valence-corrected chi connectivity index (χ4v) is 3.54. The Bertz CT molecular complexity index is 794.